The van der Waals surface area contributed by atoms with Crippen LogP contribution >= 0.6 is 0 Å². The topological polar surface area (TPSA) is 55.4 Å². The summed E-state index contributed by atoms with van der Waals surface area (Å²) in [6.45, 7) is 5.26. The van der Waals surface area contributed by atoms with Crippen molar-refractivity contribution in [1.29, 1.82) is 0 Å². The number of anilines is 1. The van der Waals surface area contributed by atoms with Crippen LogP contribution in [-0.4, -0.2) is 26.6 Å². The van der Waals surface area contributed by atoms with Crippen LogP contribution in [0.15, 0.2) is 82.7 Å². The maximum atomic E-state index is 13.1. The van der Waals surface area contributed by atoms with Crippen molar-refractivity contribution in [3.05, 3.63) is 117 Å². The molecule has 0 saturated carbocycles. The van der Waals surface area contributed by atoms with Crippen LogP contribution in [0, 0.1) is 13.8 Å². The summed E-state index contributed by atoms with van der Waals surface area (Å²) < 4.78 is 3.15. The zero-order valence-electron chi connectivity index (χ0n) is 20.4. The van der Waals surface area contributed by atoms with Crippen molar-refractivity contribution >= 4 is 11.7 Å². The predicted molar refractivity (Wildman–Crippen MR) is 139 cm³/mol. The fourth-order valence-corrected chi connectivity index (χ4v) is 5.51. The van der Waals surface area contributed by atoms with E-state index in [1.807, 2.05) is 17.1 Å². The van der Waals surface area contributed by atoms with Crippen LogP contribution in [0.3, 0.4) is 0 Å². The Bertz CT molecular complexity index is 1490. The first-order chi connectivity index (χ1) is 16.9. The summed E-state index contributed by atoms with van der Waals surface area (Å²) in [5.41, 5.74) is 8.01. The van der Waals surface area contributed by atoms with E-state index in [1.165, 1.54) is 26.9 Å². The average Bonchev–Trinajstić information content (AvgIpc) is 3.52. The Kier molecular flexibility index (Phi) is 4.99. The lowest BCUT2D eigenvalue weighted by atomic mass is 9.75. The van der Waals surface area contributed by atoms with Gasteiger partial charge in [0.05, 0.1) is 24.2 Å². The summed E-state index contributed by atoms with van der Waals surface area (Å²) in [4.78, 5) is 13.1. The van der Waals surface area contributed by atoms with Crippen LogP contribution in [-0.2, 0) is 25.4 Å². The Labute approximate surface area is 205 Å². The third-order valence-electron chi connectivity index (χ3n) is 7.47. The third-order valence-corrected chi connectivity index (χ3v) is 7.47. The van der Waals surface area contributed by atoms with Crippen molar-refractivity contribution in [2.75, 3.05) is 11.6 Å². The lowest BCUT2D eigenvalue weighted by molar-refractivity contribution is 0.581. The summed E-state index contributed by atoms with van der Waals surface area (Å²) in [6.07, 6.45) is 2.02. The molecule has 0 N–H and O–H groups in total. The molecule has 2 heterocycles. The lowest BCUT2D eigenvalue weighted by Crippen LogP contribution is -2.37. The number of rotatable bonds is 4. The molecule has 1 spiro atoms. The van der Waals surface area contributed by atoms with Gasteiger partial charge in [0.2, 0.25) is 5.95 Å². The molecule has 1 aromatic heterocycles. The monoisotopic (exact) mass is 463 g/mol. The maximum absolute atomic E-state index is 13.1. The number of aryl methyl sites for hydroxylation is 3. The Morgan fingerprint density at radius 2 is 1.60 bits per heavy atom. The summed E-state index contributed by atoms with van der Waals surface area (Å²) in [5, 5.41) is 11.8. The zero-order valence-corrected chi connectivity index (χ0v) is 20.4. The van der Waals surface area contributed by atoms with Gasteiger partial charge in [-0.3, -0.25) is 4.57 Å². The average molecular weight is 464 g/mol. The molecule has 0 fully saturated rings. The quantitative estimate of drug-likeness (QED) is 0.452. The highest BCUT2D eigenvalue weighted by molar-refractivity contribution is 6.11. The highest BCUT2D eigenvalue weighted by atomic mass is 16.2. The molecule has 0 radical (unpaired) electrons. The summed E-state index contributed by atoms with van der Waals surface area (Å²) in [6, 6.07) is 25.5. The first-order valence-corrected chi connectivity index (χ1v) is 12.2. The minimum atomic E-state index is -0.220. The fourth-order valence-electron chi connectivity index (χ4n) is 5.51. The molecule has 6 nitrogen and oxygen atoms in total. The van der Waals surface area contributed by atoms with E-state index in [-0.39, 0.29) is 11.1 Å². The molecule has 176 valence electrons. The van der Waals surface area contributed by atoms with Crippen molar-refractivity contribution in [1.82, 2.24) is 14.3 Å². The van der Waals surface area contributed by atoms with E-state index in [9.17, 15) is 4.79 Å². The third kappa shape index (κ3) is 3.52. The van der Waals surface area contributed by atoms with Gasteiger partial charge >= 0.3 is 5.69 Å². The molecule has 1 aliphatic heterocycles. The minimum absolute atomic E-state index is 0.138. The van der Waals surface area contributed by atoms with E-state index in [4.69, 9.17) is 10.2 Å². The van der Waals surface area contributed by atoms with Gasteiger partial charge < -0.3 is 0 Å². The molecule has 6 rings (SSSR count). The SMILES string of the molecule is Cc1ccc(Cn2nc(N3C[C@@]4(CCc5ccccc54)C(c4ccc(C)cc4)=N3)n(C)c2=O)cc1. The lowest BCUT2D eigenvalue weighted by Gasteiger charge is -2.27. The highest BCUT2D eigenvalue weighted by Gasteiger charge is 2.49. The minimum Gasteiger partial charge on any atom is -0.263 e. The standard InChI is InChI=1S/C29H29N5O/c1-20-8-12-22(13-9-20)18-33-28(35)32(3)27(31-33)34-19-29(17-16-23-6-4-5-7-25(23)29)26(30-34)24-14-10-21(2)11-15-24/h4-15H,16-19H2,1-3H3/t29-/m1/s1. The van der Waals surface area contributed by atoms with Gasteiger partial charge in [0.1, 0.15) is 0 Å². The van der Waals surface area contributed by atoms with Gasteiger partial charge in [0.15, 0.2) is 0 Å². The molecule has 0 amide bonds. The van der Waals surface area contributed by atoms with Gasteiger partial charge in [-0.25, -0.2) is 14.5 Å². The van der Waals surface area contributed by atoms with Crippen molar-refractivity contribution < 1.29 is 0 Å². The number of aromatic nitrogens is 3. The molecular weight excluding hydrogens is 434 g/mol. The highest BCUT2D eigenvalue weighted by Crippen LogP contribution is 2.46. The smallest absolute Gasteiger partial charge is 0.263 e. The Morgan fingerprint density at radius 1 is 0.914 bits per heavy atom. The number of hydrogen-bond acceptors (Lipinski definition) is 4. The van der Waals surface area contributed by atoms with E-state index < -0.39 is 0 Å². The number of nitrogens with zero attached hydrogens (tertiary/aromatic N) is 5. The number of hydrogen-bond donors (Lipinski definition) is 0. The van der Waals surface area contributed by atoms with Crippen molar-refractivity contribution in [2.24, 2.45) is 12.1 Å². The Balaban J connectivity index is 1.43. The number of hydrazone groups is 1. The van der Waals surface area contributed by atoms with Gasteiger partial charge in [0.25, 0.3) is 0 Å². The number of fused-ring (bicyclic) bond motifs is 2. The summed E-state index contributed by atoms with van der Waals surface area (Å²) in [7, 11) is 1.78. The second-order valence-corrected chi connectivity index (χ2v) is 9.90. The molecule has 4 aromatic rings. The zero-order chi connectivity index (χ0) is 24.2. The van der Waals surface area contributed by atoms with Crippen LogP contribution < -0.4 is 10.7 Å². The summed E-state index contributed by atoms with van der Waals surface area (Å²) >= 11 is 0. The molecule has 0 unspecified atom stereocenters. The van der Waals surface area contributed by atoms with E-state index in [0.717, 1.165) is 29.7 Å². The molecule has 35 heavy (non-hydrogen) atoms. The van der Waals surface area contributed by atoms with Gasteiger partial charge in [0, 0.05) is 7.05 Å². The molecule has 3 aromatic carbocycles. The predicted octanol–water partition coefficient (Wildman–Crippen LogP) is 4.36. The van der Waals surface area contributed by atoms with Gasteiger partial charge in [-0.2, -0.15) is 5.10 Å². The Morgan fingerprint density at radius 3 is 2.34 bits per heavy atom. The molecule has 6 heteroatoms. The molecule has 0 bridgehead atoms. The number of benzene rings is 3. The Hall–Kier alpha value is -3.93. The molecule has 1 atom stereocenters. The van der Waals surface area contributed by atoms with Crippen LogP contribution in [0.1, 0.15) is 39.8 Å². The van der Waals surface area contributed by atoms with Crippen LogP contribution in [0.25, 0.3) is 0 Å². The van der Waals surface area contributed by atoms with Gasteiger partial charge in [-0.15, -0.1) is 5.10 Å². The molecule has 1 aliphatic carbocycles. The van der Waals surface area contributed by atoms with E-state index in [1.54, 1.807) is 11.6 Å². The van der Waals surface area contributed by atoms with Crippen LogP contribution in [0.4, 0.5) is 5.95 Å². The second-order valence-electron chi connectivity index (χ2n) is 9.90. The van der Waals surface area contributed by atoms with E-state index in [2.05, 4.69) is 74.5 Å². The molecule has 0 saturated heterocycles. The van der Waals surface area contributed by atoms with Crippen LogP contribution in [0.5, 0.6) is 0 Å². The van der Waals surface area contributed by atoms with Crippen molar-refractivity contribution in [3.63, 3.8) is 0 Å². The van der Waals surface area contributed by atoms with Gasteiger partial charge in [-0.1, -0.05) is 83.9 Å². The van der Waals surface area contributed by atoms with E-state index >= 15 is 0 Å². The largest absolute Gasteiger partial charge is 0.347 e. The molecule has 2 aliphatic rings. The van der Waals surface area contributed by atoms with Crippen LogP contribution in [0.2, 0.25) is 0 Å². The second kappa shape index (κ2) is 8.08. The maximum Gasteiger partial charge on any atom is 0.347 e. The van der Waals surface area contributed by atoms with Crippen molar-refractivity contribution in [2.45, 2.75) is 38.6 Å². The van der Waals surface area contributed by atoms with Crippen molar-refractivity contribution in [3.8, 4) is 0 Å². The first kappa shape index (κ1) is 21.6. The van der Waals surface area contributed by atoms with E-state index in [0.29, 0.717) is 19.0 Å². The molecular formula is C29H29N5O. The fraction of sp³-hybridized carbons (Fsp3) is 0.276. The summed E-state index contributed by atoms with van der Waals surface area (Å²) in [5.74, 6) is 0.577. The first-order valence-electron chi connectivity index (χ1n) is 12.2. The normalized spacial score (nSPS) is 18.8. The van der Waals surface area contributed by atoms with Gasteiger partial charge in [-0.05, 0) is 48.9 Å².